The topological polar surface area (TPSA) is 87.9 Å². The molecule has 2 fully saturated rings. The fraction of sp³-hybridized carbons (Fsp3) is 0.857. The van der Waals surface area contributed by atoms with Crippen molar-refractivity contribution in [2.75, 3.05) is 32.7 Å². The fourth-order valence-electron chi connectivity index (χ4n) is 2.94. The van der Waals surface area contributed by atoms with Crippen molar-refractivity contribution in [2.24, 2.45) is 5.73 Å². The maximum atomic E-state index is 12.2. The number of hydrogen-bond donors (Lipinski definition) is 2. The lowest BCUT2D eigenvalue weighted by molar-refractivity contribution is 0.0267. The highest BCUT2D eigenvalue weighted by Gasteiger charge is 2.50. The van der Waals surface area contributed by atoms with Crippen molar-refractivity contribution in [3.05, 3.63) is 0 Å². The van der Waals surface area contributed by atoms with Gasteiger partial charge < -0.3 is 25.6 Å². The molecule has 0 radical (unpaired) electrons. The smallest absolute Gasteiger partial charge is 0.410 e. The molecule has 2 rings (SSSR count). The van der Waals surface area contributed by atoms with Gasteiger partial charge in [-0.1, -0.05) is 0 Å². The van der Waals surface area contributed by atoms with E-state index in [1.165, 1.54) is 0 Å². The lowest BCUT2D eigenvalue weighted by Crippen LogP contribution is -2.50. The molecule has 0 aromatic rings. The largest absolute Gasteiger partial charge is 0.444 e. The highest BCUT2D eigenvalue weighted by molar-refractivity contribution is 5.78. The molecular formula is C14H26N4O3. The molecule has 21 heavy (non-hydrogen) atoms. The Balaban J connectivity index is 2.02. The summed E-state index contributed by atoms with van der Waals surface area (Å²) in [6, 6.07) is -0.0607. The second-order valence-corrected chi connectivity index (χ2v) is 6.83. The maximum Gasteiger partial charge on any atom is 0.410 e. The second kappa shape index (κ2) is 5.71. The predicted octanol–water partition coefficient (Wildman–Crippen LogP) is 0.740. The first-order valence-electron chi connectivity index (χ1n) is 7.51. The van der Waals surface area contributed by atoms with Gasteiger partial charge >= 0.3 is 12.1 Å². The minimum absolute atomic E-state index is 0.0607. The molecule has 2 saturated heterocycles. The lowest BCUT2D eigenvalue weighted by Gasteiger charge is -2.33. The highest BCUT2D eigenvalue weighted by Crippen LogP contribution is 2.32. The standard InChI is InChI=1S/C14H26N4O3/c1-13(2,3)21-12(20)17-8-5-14(10-17)9-16-11(19)18(14)7-4-6-15/h4-10,15H2,1-3H3,(H,16,19). The van der Waals surface area contributed by atoms with Gasteiger partial charge in [0.05, 0.1) is 5.54 Å². The van der Waals surface area contributed by atoms with Crippen molar-refractivity contribution in [3.63, 3.8) is 0 Å². The molecule has 2 aliphatic heterocycles. The van der Waals surface area contributed by atoms with Crippen LogP contribution in [0, 0.1) is 0 Å². The number of nitrogens with two attached hydrogens (primary N) is 1. The van der Waals surface area contributed by atoms with E-state index in [4.69, 9.17) is 10.5 Å². The highest BCUT2D eigenvalue weighted by atomic mass is 16.6. The average Bonchev–Trinajstić information content (AvgIpc) is 2.92. The van der Waals surface area contributed by atoms with Crippen molar-refractivity contribution in [1.82, 2.24) is 15.1 Å². The molecule has 1 spiro atoms. The first-order chi connectivity index (χ1) is 9.77. The molecule has 0 aromatic heterocycles. The van der Waals surface area contributed by atoms with Crippen molar-refractivity contribution in [1.29, 1.82) is 0 Å². The van der Waals surface area contributed by atoms with Gasteiger partial charge in [-0.15, -0.1) is 0 Å². The molecule has 1 atom stereocenters. The van der Waals surface area contributed by atoms with Gasteiger partial charge in [0.25, 0.3) is 0 Å². The molecule has 2 heterocycles. The van der Waals surface area contributed by atoms with Crippen LogP contribution in [0.2, 0.25) is 0 Å². The van der Waals surface area contributed by atoms with Gasteiger partial charge in [-0.25, -0.2) is 9.59 Å². The van der Waals surface area contributed by atoms with Gasteiger partial charge in [0.2, 0.25) is 0 Å². The zero-order valence-corrected chi connectivity index (χ0v) is 13.1. The minimum atomic E-state index is -0.504. The van der Waals surface area contributed by atoms with Gasteiger partial charge in [0.15, 0.2) is 0 Å². The van der Waals surface area contributed by atoms with Crippen LogP contribution in [-0.4, -0.2) is 65.8 Å². The summed E-state index contributed by atoms with van der Waals surface area (Å²) in [6.45, 7) is 8.45. The molecule has 0 aliphatic carbocycles. The number of rotatable bonds is 3. The van der Waals surface area contributed by atoms with Gasteiger partial charge in [-0.3, -0.25) is 0 Å². The Morgan fingerprint density at radius 1 is 1.48 bits per heavy atom. The zero-order valence-electron chi connectivity index (χ0n) is 13.1. The molecule has 120 valence electrons. The van der Waals surface area contributed by atoms with E-state index in [1.54, 1.807) is 4.90 Å². The van der Waals surface area contributed by atoms with Gasteiger partial charge in [-0.05, 0) is 40.2 Å². The Hall–Kier alpha value is -1.50. The molecule has 1 unspecified atom stereocenters. The van der Waals surface area contributed by atoms with Crippen LogP contribution in [0.3, 0.4) is 0 Å². The molecule has 3 amide bonds. The molecule has 0 aromatic carbocycles. The van der Waals surface area contributed by atoms with Crippen LogP contribution in [-0.2, 0) is 4.74 Å². The summed E-state index contributed by atoms with van der Waals surface area (Å²) in [5.41, 5.74) is 4.73. The number of nitrogens with zero attached hydrogens (tertiary/aromatic N) is 2. The molecule has 0 saturated carbocycles. The summed E-state index contributed by atoms with van der Waals surface area (Å²) in [7, 11) is 0. The van der Waals surface area contributed by atoms with E-state index in [0.29, 0.717) is 32.7 Å². The number of amides is 3. The minimum Gasteiger partial charge on any atom is -0.444 e. The van der Waals surface area contributed by atoms with E-state index in [0.717, 1.165) is 12.8 Å². The van der Waals surface area contributed by atoms with Crippen molar-refractivity contribution in [3.8, 4) is 0 Å². The zero-order chi connectivity index (χ0) is 15.7. The van der Waals surface area contributed by atoms with Crippen molar-refractivity contribution < 1.29 is 14.3 Å². The van der Waals surface area contributed by atoms with Crippen LogP contribution in [0.25, 0.3) is 0 Å². The van der Waals surface area contributed by atoms with Crippen LogP contribution in [0.1, 0.15) is 33.6 Å². The summed E-state index contributed by atoms with van der Waals surface area (Å²) in [6.07, 6.45) is 1.23. The number of nitrogens with one attached hydrogen (secondary N) is 1. The van der Waals surface area contributed by atoms with Gasteiger partial charge in [-0.2, -0.15) is 0 Å². The predicted molar refractivity (Wildman–Crippen MR) is 78.9 cm³/mol. The number of ether oxygens (including phenoxy) is 1. The third kappa shape index (κ3) is 3.40. The molecule has 2 aliphatic rings. The third-order valence-corrected chi connectivity index (χ3v) is 3.96. The number of hydrogen-bond acceptors (Lipinski definition) is 4. The SMILES string of the molecule is CC(C)(C)OC(=O)N1CCC2(CNC(=O)N2CCCN)C1. The normalized spacial score (nSPS) is 25.6. The first kappa shape index (κ1) is 15.9. The summed E-state index contributed by atoms with van der Waals surface area (Å²) in [5.74, 6) is 0. The second-order valence-electron chi connectivity index (χ2n) is 6.83. The Morgan fingerprint density at radius 3 is 2.81 bits per heavy atom. The van der Waals surface area contributed by atoms with Crippen LogP contribution < -0.4 is 11.1 Å². The summed E-state index contributed by atoms with van der Waals surface area (Å²) in [5, 5.41) is 2.89. The molecule has 3 N–H and O–H groups in total. The Kier molecular flexibility index (Phi) is 4.32. The number of carbonyl (C=O) groups is 2. The van der Waals surface area contributed by atoms with E-state index in [1.807, 2.05) is 25.7 Å². The maximum absolute atomic E-state index is 12.2. The number of carbonyl (C=O) groups excluding carboxylic acids is 2. The van der Waals surface area contributed by atoms with E-state index in [-0.39, 0.29) is 17.7 Å². The first-order valence-corrected chi connectivity index (χ1v) is 7.51. The van der Waals surface area contributed by atoms with E-state index >= 15 is 0 Å². The molecule has 7 heteroatoms. The monoisotopic (exact) mass is 298 g/mol. The van der Waals surface area contributed by atoms with E-state index in [9.17, 15) is 9.59 Å². The third-order valence-electron chi connectivity index (χ3n) is 3.96. The molecule has 7 nitrogen and oxygen atoms in total. The van der Waals surface area contributed by atoms with Crippen LogP contribution >= 0.6 is 0 Å². The van der Waals surface area contributed by atoms with Crippen LogP contribution in [0.15, 0.2) is 0 Å². The quantitative estimate of drug-likeness (QED) is 0.804. The Morgan fingerprint density at radius 2 is 2.19 bits per heavy atom. The lowest BCUT2D eigenvalue weighted by atomic mass is 9.98. The van der Waals surface area contributed by atoms with Crippen LogP contribution in [0.4, 0.5) is 9.59 Å². The Bertz CT molecular complexity index is 421. The number of urea groups is 1. The summed E-state index contributed by atoms with van der Waals surface area (Å²) in [4.78, 5) is 27.7. The molecular weight excluding hydrogens is 272 g/mol. The van der Waals surface area contributed by atoms with Crippen molar-refractivity contribution >= 4 is 12.1 Å². The van der Waals surface area contributed by atoms with E-state index < -0.39 is 5.60 Å². The van der Waals surface area contributed by atoms with Crippen molar-refractivity contribution in [2.45, 2.75) is 44.8 Å². The summed E-state index contributed by atoms with van der Waals surface area (Å²) < 4.78 is 5.41. The summed E-state index contributed by atoms with van der Waals surface area (Å²) >= 11 is 0. The average molecular weight is 298 g/mol. The van der Waals surface area contributed by atoms with Gasteiger partial charge in [0, 0.05) is 26.2 Å². The molecule has 0 bridgehead atoms. The van der Waals surface area contributed by atoms with E-state index in [2.05, 4.69) is 5.32 Å². The fourth-order valence-corrected chi connectivity index (χ4v) is 2.94. The van der Waals surface area contributed by atoms with Crippen LogP contribution in [0.5, 0.6) is 0 Å². The number of likely N-dealkylation sites (tertiary alicyclic amines) is 1. The van der Waals surface area contributed by atoms with Gasteiger partial charge in [0.1, 0.15) is 5.60 Å². The Labute approximate surface area is 125 Å².